The van der Waals surface area contributed by atoms with E-state index >= 15 is 0 Å². The number of esters is 1. The lowest BCUT2D eigenvalue weighted by Gasteiger charge is -2.40. The molecule has 2 saturated heterocycles. The highest BCUT2D eigenvalue weighted by molar-refractivity contribution is 5.82. The minimum atomic E-state index is -1.47. The highest BCUT2D eigenvalue weighted by Gasteiger charge is 2.42. The van der Waals surface area contributed by atoms with Crippen molar-refractivity contribution in [3.05, 3.63) is 36.0 Å². The number of carbonyl (C=O) groups excluding carboxylic acids is 1. The van der Waals surface area contributed by atoms with Crippen molar-refractivity contribution in [3.63, 3.8) is 0 Å². The van der Waals surface area contributed by atoms with E-state index in [1.54, 1.807) is 34.5 Å². The molecule has 2 bridgehead atoms. The maximum absolute atomic E-state index is 13.7. The molecular formula is C46H78O15. The first-order valence-electron chi connectivity index (χ1n) is 22.4. The van der Waals surface area contributed by atoms with Crippen LogP contribution in [0.1, 0.15) is 92.4 Å². The molecule has 2 fully saturated rings. The Labute approximate surface area is 363 Å². The number of hydrogen-bond acceptors (Lipinski definition) is 15. The standard InChI is InChI=1S/C46H78O15/c1-26-13-16-34(60-46-44(52)43(51)37(48)25-57-46)20-31-11-10-12-32(59-31)22-39(55-8)36(24-47)40(56-9)23-38(54-7)29(4)45(61-41(49)18-14-26)30(5)42(50)27(2)15-17-33-21-35(53-6)19-28(3)58-33/h10-11,13-14,18,27-40,42-48,50-52H,12,15-17,19-25H2,1-9H3/b18-14+,26-13+/t27-,28-,29-,30-,31-,32-,33-,34-,35+,36+,37+,38+,39-,40-,42-,43-,44+,45-,46+/m0/s1. The largest absolute Gasteiger partial charge is 0.458 e. The fraction of sp³-hybridized carbons (Fsp3) is 0.848. The summed E-state index contributed by atoms with van der Waals surface area (Å²) < 4.78 is 54.8. The minimum absolute atomic E-state index is 0.0272. The molecule has 0 aromatic heterocycles. The van der Waals surface area contributed by atoms with Gasteiger partial charge in [-0.25, -0.2) is 4.79 Å². The predicted octanol–water partition coefficient (Wildman–Crippen LogP) is 3.80. The number of aliphatic hydroxyl groups excluding tert-OH is 5. The fourth-order valence-electron chi connectivity index (χ4n) is 9.52. The molecule has 4 aliphatic heterocycles. The Kier molecular flexibility index (Phi) is 21.7. The van der Waals surface area contributed by atoms with E-state index in [0.717, 1.165) is 24.8 Å². The summed E-state index contributed by atoms with van der Waals surface area (Å²) >= 11 is 0. The van der Waals surface area contributed by atoms with Gasteiger partial charge in [0.15, 0.2) is 6.29 Å². The lowest BCUT2D eigenvalue weighted by molar-refractivity contribution is -0.284. The molecule has 5 N–H and O–H groups in total. The molecule has 15 nitrogen and oxygen atoms in total. The van der Waals surface area contributed by atoms with E-state index < -0.39 is 84.9 Å². The third kappa shape index (κ3) is 15.1. The monoisotopic (exact) mass is 871 g/mol. The Hall–Kier alpha value is -1.83. The Bertz CT molecular complexity index is 1380. The molecule has 61 heavy (non-hydrogen) atoms. The summed E-state index contributed by atoms with van der Waals surface area (Å²) in [5.41, 5.74) is 0.746. The van der Waals surface area contributed by atoms with Crippen LogP contribution in [0, 0.1) is 23.7 Å². The van der Waals surface area contributed by atoms with Crippen molar-refractivity contribution in [3.8, 4) is 0 Å². The van der Waals surface area contributed by atoms with Gasteiger partial charge in [-0.1, -0.05) is 50.6 Å². The smallest absolute Gasteiger partial charge is 0.331 e. The van der Waals surface area contributed by atoms with E-state index in [0.29, 0.717) is 38.5 Å². The number of cyclic esters (lactones) is 1. The van der Waals surface area contributed by atoms with Crippen LogP contribution in [-0.2, 0) is 47.4 Å². The van der Waals surface area contributed by atoms with Crippen molar-refractivity contribution in [1.82, 2.24) is 0 Å². The third-order valence-corrected chi connectivity index (χ3v) is 13.4. The SMILES string of the molecule is CO[C@H]1C[C@H](CC[C@H](C)[C@H](O)[C@H](C)[C@H]2OC(=O)/C=C/C(C)=C/C[C@H](O[C@H]3OC[C@@H](O)[C@H](O)[C@H]3O)C[C@@H]3C=CC[C@@H](C[C@H](OC)[C@@H](CO)[C@@H](OC)C[C@@H](OC)[C@@H]2C)O3)O[C@@H](C)C1. The van der Waals surface area contributed by atoms with E-state index in [2.05, 4.69) is 13.0 Å². The molecule has 0 unspecified atom stereocenters. The lowest BCUT2D eigenvalue weighted by Crippen LogP contribution is -2.54. The van der Waals surface area contributed by atoms with Gasteiger partial charge in [-0.05, 0) is 58.3 Å². The third-order valence-electron chi connectivity index (χ3n) is 13.4. The zero-order valence-corrected chi connectivity index (χ0v) is 38.0. The van der Waals surface area contributed by atoms with Crippen LogP contribution in [-0.4, -0.2) is 165 Å². The molecule has 0 spiro atoms. The molecule has 19 atom stereocenters. The average molecular weight is 871 g/mol. The first kappa shape index (κ1) is 51.8. The van der Waals surface area contributed by atoms with Gasteiger partial charge in [0.2, 0.25) is 0 Å². The summed E-state index contributed by atoms with van der Waals surface area (Å²) in [7, 11) is 6.54. The highest BCUT2D eigenvalue weighted by Crippen LogP contribution is 2.35. The highest BCUT2D eigenvalue weighted by atomic mass is 16.7. The van der Waals surface area contributed by atoms with E-state index in [9.17, 15) is 30.3 Å². The van der Waals surface area contributed by atoms with Gasteiger partial charge in [0.1, 0.15) is 24.4 Å². The quantitative estimate of drug-likeness (QED) is 0.132. The Balaban J connectivity index is 1.63. The number of fused-ring (bicyclic) bond motifs is 2. The van der Waals surface area contributed by atoms with Gasteiger partial charge in [0, 0.05) is 71.5 Å². The van der Waals surface area contributed by atoms with Crippen LogP contribution in [0.2, 0.25) is 0 Å². The Morgan fingerprint density at radius 2 is 1.54 bits per heavy atom. The average Bonchev–Trinajstić information content (AvgIpc) is 3.25. The number of hydrogen-bond donors (Lipinski definition) is 5. The van der Waals surface area contributed by atoms with E-state index in [1.165, 1.54) is 6.08 Å². The molecule has 0 aliphatic carbocycles. The van der Waals surface area contributed by atoms with Crippen LogP contribution in [0.3, 0.4) is 0 Å². The first-order chi connectivity index (χ1) is 29.1. The van der Waals surface area contributed by atoms with Crippen LogP contribution in [0.4, 0.5) is 0 Å². The summed E-state index contributed by atoms with van der Waals surface area (Å²) in [6.07, 6.45) is 4.85. The summed E-state index contributed by atoms with van der Waals surface area (Å²) in [5, 5.41) is 53.8. The number of aliphatic hydroxyl groups is 5. The van der Waals surface area contributed by atoms with Crippen molar-refractivity contribution in [2.75, 3.05) is 41.7 Å². The van der Waals surface area contributed by atoms with Gasteiger partial charge in [-0.3, -0.25) is 0 Å². The first-order valence-corrected chi connectivity index (χ1v) is 22.4. The van der Waals surface area contributed by atoms with Crippen LogP contribution >= 0.6 is 0 Å². The second-order valence-corrected chi connectivity index (χ2v) is 17.9. The zero-order chi connectivity index (χ0) is 44.8. The van der Waals surface area contributed by atoms with Crippen molar-refractivity contribution < 1.29 is 73.0 Å². The Morgan fingerprint density at radius 3 is 2.21 bits per heavy atom. The summed E-state index contributed by atoms with van der Waals surface area (Å²) in [5.74, 6) is -2.10. The maximum Gasteiger partial charge on any atom is 0.331 e. The van der Waals surface area contributed by atoms with Gasteiger partial charge < -0.3 is 68.2 Å². The molecule has 15 heteroatoms. The number of methoxy groups -OCH3 is 4. The molecule has 4 heterocycles. The molecule has 0 amide bonds. The van der Waals surface area contributed by atoms with Crippen LogP contribution in [0.25, 0.3) is 0 Å². The van der Waals surface area contributed by atoms with Crippen molar-refractivity contribution in [2.24, 2.45) is 23.7 Å². The number of rotatable bonds is 13. The van der Waals surface area contributed by atoms with E-state index in [1.807, 2.05) is 39.8 Å². The molecule has 0 radical (unpaired) electrons. The van der Waals surface area contributed by atoms with Gasteiger partial charge in [-0.2, -0.15) is 0 Å². The molecule has 4 rings (SSSR count). The van der Waals surface area contributed by atoms with Crippen LogP contribution < -0.4 is 0 Å². The van der Waals surface area contributed by atoms with Crippen LogP contribution in [0.15, 0.2) is 36.0 Å². The summed E-state index contributed by atoms with van der Waals surface area (Å²) in [6, 6.07) is 0. The maximum atomic E-state index is 13.7. The number of ether oxygens (including phenoxy) is 9. The molecule has 0 saturated carbocycles. The molecule has 4 aliphatic rings. The summed E-state index contributed by atoms with van der Waals surface area (Å²) in [4.78, 5) is 13.7. The predicted molar refractivity (Wildman–Crippen MR) is 226 cm³/mol. The lowest BCUT2D eigenvalue weighted by atomic mass is 9.78. The van der Waals surface area contributed by atoms with Crippen molar-refractivity contribution >= 4 is 5.97 Å². The second kappa shape index (κ2) is 25.6. The Morgan fingerprint density at radius 1 is 0.836 bits per heavy atom. The topological polar surface area (TPSA) is 201 Å². The van der Waals surface area contributed by atoms with Gasteiger partial charge in [0.05, 0.1) is 74.3 Å². The van der Waals surface area contributed by atoms with E-state index in [4.69, 9.17) is 42.6 Å². The van der Waals surface area contributed by atoms with Crippen molar-refractivity contribution in [2.45, 2.75) is 184 Å². The molecule has 0 aromatic rings. The molecule has 352 valence electrons. The second-order valence-electron chi connectivity index (χ2n) is 17.9. The minimum Gasteiger partial charge on any atom is -0.458 e. The van der Waals surface area contributed by atoms with E-state index in [-0.39, 0.29) is 49.7 Å². The molecule has 0 aromatic carbocycles. The molecular weight excluding hydrogens is 792 g/mol. The van der Waals surface area contributed by atoms with Gasteiger partial charge in [-0.15, -0.1) is 0 Å². The summed E-state index contributed by atoms with van der Waals surface area (Å²) in [6.45, 7) is 9.34. The number of allylic oxidation sites excluding steroid dienone is 2. The van der Waals surface area contributed by atoms with Crippen molar-refractivity contribution in [1.29, 1.82) is 0 Å². The zero-order valence-electron chi connectivity index (χ0n) is 38.0. The number of carbonyl (C=O) groups is 1. The normalized spacial score (nSPS) is 41.7. The van der Waals surface area contributed by atoms with Gasteiger partial charge in [0.25, 0.3) is 0 Å². The van der Waals surface area contributed by atoms with Gasteiger partial charge >= 0.3 is 5.97 Å². The van der Waals surface area contributed by atoms with Crippen LogP contribution in [0.5, 0.6) is 0 Å². The fourth-order valence-corrected chi connectivity index (χ4v) is 9.52.